The first-order valence-corrected chi connectivity index (χ1v) is 9.59. The van der Waals surface area contributed by atoms with Crippen molar-refractivity contribution >= 4 is 32.6 Å². The molecule has 0 spiro atoms. The van der Waals surface area contributed by atoms with Crippen LogP contribution in [0.5, 0.6) is 0 Å². The van der Waals surface area contributed by atoms with Crippen molar-refractivity contribution < 1.29 is 21.6 Å². The Morgan fingerprint density at radius 3 is 2.64 bits per heavy atom. The van der Waals surface area contributed by atoms with E-state index in [9.17, 15) is 21.6 Å². The summed E-state index contributed by atoms with van der Waals surface area (Å²) in [7, 11) is -3.82. The summed E-state index contributed by atoms with van der Waals surface area (Å²) < 4.78 is 66.3. The van der Waals surface area contributed by atoms with Crippen molar-refractivity contribution in [1.82, 2.24) is 0 Å². The van der Waals surface area contributed by atoms with Gasteiger partial charge in [0.25, 0.3) is 10.0 Å². The Morgan fingerprint density at radius 1 is 1.16 bits per heavy atom. The number of hydrogen-bond acceptors (Lipinski definition) is 4. The second-order valence-corrected chi connectivity index (χ2v) is 8.02. The topological polar surface area (TPSA) is 58.5 Å². The maximum absolute atomic E-state index is 12.7. The number of sulfonamides is 1. The Balaban J connectivity index is 1.80. The predicted octanol–water partition coefficient (Wildman–Crippen LogP) is 4.42. The molecule has 0 bridgehead atoms. The van der Waals surface area contributed by atoms with Gasteiger partial charge in [-0.3, -0.25) is 0 Å². The first-order valence-electron chi connectivity index (χ1n) is 7.17. The lowest BCUT2D eigenvalue weighted by Gasteiger charge is -2.18. The van der Waals surface area contributed by atoms with Gasteiger partial charge in [0.2, 0.25) is 0 Å². The molecule has 25 heavy (non-hydrogen) atoms. The van der Waals surface area contributed by atoms with Crippen LogP contribution in [0.2, 0.25) is 0 Å². The molecule has 0 amide bonds. The van der Waals surface area contributed by atoms with Gasteiger partial charge in [-0.1, -0.05) is 36.0 Å². The minimum Gasteiger partial charge on any atom is -0.333 e. The number of amidine groups is 1. The molecule has 0 fully saturated rings. The highest BCUT2D eigenvalue weighted by atomic mass is 32.2. The van der Waals surface area contributed by atoms with Gasteiger partial charge in [-0.15, -0.1) is 4.40 Å². The minimum atomic E-state index is -4.42. The molecule has 2 aromatic carbocycles. The number of anilines is 1. The average Bonchev–Trinajstić information content (AvgIpc) is 2.51. The molecule has 0 radical (unpaired) electrons. The van der Waals surface area contributed by atoms with E-state index in [2.05, 4.69) is 9.71 Å². The van der Waals surface area contributed by atoms with Gasteiger partial charge in [0.1, 0.15) is 4.90 Å². The van der Waals surface area contributed by atoms with E-state index in [0.29, 0.717) is 11.3 Å². The number of fused-ring (bicyclic) bond motifs is 1. The number of rotatable bonds is 2. The number of nitrogens with zero attached hydrogens (tertiary/aromatic N) is 1. The van der Waals surface area contributed by atoms with Gasteiger partial charge < -0.3 is 5.32 Å². The average molecular weight is 386 g/mol. The van der Waals surface area contributed by atoms with Crippen molar-refractivity contribution in [2.45, 2.75) is 23.7 Å². The van der Waals surface area contributed by atoms with Crippen LogP contribution in [0.25, 0.3) is 0 Å². The van der Waals surface area contributed by atoms with Gasteiger partial charge in [-0.05, 0) is 36.2 Å². The van der Waals surface area contributed by atoms with Crippen LogP contribution in [0.15, 0.2) is 51.8 Å². The monoisotopic (exact) mass is 386 g/mol. The molecule has 0 saturated carbocycles. The van der Waals surface area contributed by atoms with Crippen LogP contribution < -0.4 is 5.32 Å². The third-order valence-corrected chi connectivity index (χ3v) is 5.88. The van der Waals surface area contributed by atoms with E-state index in [1.807, 2.05) is 6.92 Å². The molecule has 1 aliphatic rings. The van der Waals surface area contributed by atoms with Gasteiger partial charge in [0.05, 0.1) is 11.3 Å². The van der Waals surface area contributed by atoms with Gasteiger partial charge in [-0.25, -0.2) is 0 Å². The summed E-state index contributed by atoms with van der Waals surface area (Å²) >= 11 is 1.03. The lowest BCUT2D eigenvalue weighted by molar-refractivity contribution is -0.137. The molecule has 9 heteroatoms. The fraction of sp³-hybridized carbons (Fsp3) is 0.188. The maximum Gasteiger partial charge on any atom is 0.416 e. The summed E-state index contributed by atoms with van der Waals surface area (Å²) in [6.07, 6.45) is -4.42. The third kappa shape index (κ3) is 3.98. The maximum atomic E-state index is 12.7. The van der Waals surface area contributed by atoms with Crippen LogP contribution in [0.3, 0.4) is 0 Å². The number of alkyl halides is 3. The van der Waals surface area contributed by atoms with Crippen LogP contribution in [0.4, 0.5) is 18.9 Å². The molecule has 2 aromatic rings. The molecule has 1 aliphatic heterocycles. The highest BCUT2D eigenvalue weighted by molar-refractivity contribution is 8.14. The van der Waals surface area contributed by atoms with Crippen LogP contribution in [0.1, 0.15) is 16.7 Å². The molecular weight excluding hydrogens is 373 g/mol. The molecule has 3 rings (SSSR count). The van der Waals surface area contributed by atoms with E-state index in [1.165, 1.54) is 12.1 Å². The molecule has 0 unspecified atom stereocenters. The first kappa shape index (κ1) is 17.8. The fourth-order valence-electron chi connectivity index (χ4n) is 2.31. The summed E-state index contributed by atoms with van der Waals surface area (Å²) in [5, 5.41) is 3.05. The SMILES string of the molecule is Cc1ccc2c(c1)NC(SCc1cccc(C(F)(F)F)c1)=NS2(=O)=O. The standard InChI is InChI=1S/C16H13F3N2O2S2/c1-10-5-6-14-13(7-10)20-15(21-25(14,22)23)24-9-11-3-2-4-12(8-11)16(17,18)19/h2-8H,9H2,1H3,(H,20,21). The Morgan fingerprint density at radius 2 is 1.92 bits per heavy atom. The zero-order chi connectivity index (χ0) is 18.2. The van der Waals surface area contributed by atoms with Crippen molar-refractivity contribution in [3.05, 3.63) is 59.2 Å². The van der Waals surface area contributed by atoms with Gasteiger partial charge in [0, 0.05) is 5.75 Å². The summed E-state index contributed by atoms with van der Waals surface area (Å²) in [5.41, 5.74) is 0.988. The van der Waals surface area contributed by atoms with Crippen molar-refractivity contribution in [2.75, 3.05) is 5.32 Å². The second kappa shape index (κ2) is 6.38. The lowest BCUT2D eigenvalue weighted by Crippen LogP contribution is -2.19. The van der Waals surface area contributed by atoms with Gasteiger partial charge in [0.15, 0.2) is 5.17 Å². The first-order chi connectivity index (χ1) is 11.6. The van der Waals surface area contributed by atoms with Crippen LogP contribution >= 0.6 is 11.8 Å². The Labute approximate surface area is 147 Å². The molecule has 1 N–H and O–H groups in total. The largest absolute Gasteiger partial charge is 0.416 e. The van der Waals surface area contributed by atoms with Gasteiger partial charge >= 0.3 is 6.18 Å². The number of benzene rings is 2. The quantitative estimate of drug-likeness (QED) is 0.830. The smallest absolute Gasteiger partial charge is 0.333 e. The number of halogens is 3. The Hall–Kier alpha value is -2.00. The molecule has 0 aromatic heterocycles. The van der Waals surface area contributed by atoms with E-state index < -0.39 is 21.8 Å². The van der Waals surface area contributed by atoms with Crippen molar-refractivity contribution in [3.63, 3.8) is 0 Å². The summed E-state index contributed by atoms with van der Waals surface area (Å²) in [4.78, 5) is 0.0847. The highest BCUT2D eigenvalue weighted by Crippen LogP contribution is 2.32. The summed E-state index contributed by atoms with van der Waals surface area (Å²) in [5.74, 6) is 0.159. The van der Waals surface area contributed by atoms with E-state index in [0.717, 1.165) is 29.5 Å². The molecule has 1 heterocycles. The zero-order valence-corrected chi connectivity index (χ0v) is 14.6. The number of hydrogen-bond donors (Lipinski definition) is 1. The molecular formula is C16H13F3N2O2S2. The van der Waals surface area contributed by atoms with Crippen molar-refractivity contribution in [3.8, 4) is 0 Å². The highest BCUT2D eigenvalue weighted by Gasteiger charge is 2.30. The second-order valence-electron chi connectivity index (χ2n) is 5.48. The fourth-order valence-corrected chi connectivity index (χ4v) is 4.47. The summed E-state index contributed by atoms with van der Waals surface area (Å²) in [6.45, 7) is 1.83. The van der Waals surface area contributed by atoms with Crippen LogP contribution in [0, 0.1) is 6.92 Å². The summed E-state index contributed by atoms with van der Waals surface area (Å²) in [6, 6.07) is 9.75. The minimum absolute atomic E-state index is 0.0847. The molecule has 132 valence electrons. The van der Waals surface area contributed by atoms with Crippen LogP contribution in [-0.2, 0) is 22.0 Å². The Bertz CT molecular complexity index is 954. The van der Waals surface area contributed by atoms with E-state index >= 15 is 0 Å². The molecule has 0 atom stereocenters. The zero-order valence-electron chi connectivity index (χ0n) is 13.0. The van der Waals surface area contributed by atoms with E-state index in [1.54, 1.807) is 18.2 Å². The third-order valence-electron chi connectivity index (χ3n) is 3.49. The van der Waals surface area contributed by atoms with Gasteiger partial charge in [-0.2, -0.15) is 21.6 Å². The molecule has 0 aliphatic carbocycles. The number of nitrogens with one attached hydrogen (secondary N) is 1. The van der Waals surface area contributed by atoms with Crippen LogP contribution in [-0.4, -0.2) is 13.6 Å². The Kier molecular flexibility index (Phi) is 4.54. The molecule has 0 saturated heterocycles. The molecule has 4 nitrogen and oxygen atoms in total. The van der Waals surface area contributed by atoms with E-state index in [-0.39, 0.29) is 15.8 Å². The number of thioether (sulfide) groups is 1. The van der Waals surface area contributed by atoms with E-state index in [4.69, 9.17) is 0 Å². The predicted molar refractivity (Wildman–Crippen MR) is 92.2 cm³/mol. The van der Waals surface area contributed by atoms with Crippen molar-refractivity contribution in [2.24, 2.45) is 4.40 Å². The number of aryl methyl sites for hydroxylation is 1. The lowest BCUT2D eigenvalue weighted by atomic mass is 10.1. The van der Waals surface area contributed by atoms with Crippen molar-refractivity contribution in [1.29, 1.82) is 0 Å². The normalized spacial score (nSPS) is 15.9.